The second kappa shape index (κ2) is 6.74. The highest BCUT2D eigenvalue weighted by atomic mass is 32.1. The lowest BCUT2D eigenvalue weighted by Crippen LogP contribution is -1.90. The fraction of sp³-hybridized carbons (Fsp3) is 0.0667. The summed E-state index contributed by atoms with van der Waals surface area (Å²) in [6, 6.07) is 12.3. The van der Waals surface area contributed by atoms with Crippen molar-refractivity contribution >= 4 is 46.4 Å². The third-order valence-corrected chi connectivity index (χ3v) is 5.10. The molecule has 0 amide bonds. The van der Waals surface area contributed by atoms with Crippen LogP contribution >= 0.6 is 34.0 Å². The maximum absolute atomic E-state index is 4.61. The second-order valence-electron chi connectivity index (χ2n) is 3.98. The number of nitrogens with zero attached hydrogens (tertiary/aromatic N) is 2. The zero-order chi connectivity index (χ0) is 13.6. The molecule has 0 aliphatic heterocycles. The zero-order valence-corrected chi connectivity index (χ0v) is 13.0. The van der Waals surface area contributed by atoms with E-state index in [1.54, 1.807) is 34.0 Å². The minimum atomic E-state index is -0.154. The van der Waals surface area contributed by atoms with Gasteiger partial charge in [-0.15, -0.1) is 34.0 Å². The molecule has 0 unspecified atom stereocenters. The molecule has 2 nitrogen and oxygen atoms in total. The van der Waals surface area contributed by atoms with Crippen LogP contribution in [0.1, 0.15) is 20.8 Å². The van der Waals surface area contributed by atoms with E-state index in [0.717, 1.165) is 14.6 Å². The SMILES string of the molecule is C(=N\C(/N=C/c1cccs1)c1cccs1)/c1cccs1. The summed E-state index contributed by atoms with van der Waals surface area (Å²) in [7, 11) is 0. The van der Waals surface area contributed by atoms with Crippen molar-refractivity contribution in [3.8, 4) is 0 Å². The van der Waals surface area contributed by atoms with E-state index in [9.17, 15) is 0 Å². The molecule has 5 heteroatoms. The van der Waals surface area contributed by atoms with Crippen LogP contribution < -0.4 is 0 Å². The van der Waals surface area contributed by atoms with Crippen LogP contribution in [0.4, 0.5) is 0 Å². The van der Waals surface area contributed by atoms with Crippen LogP contribution in [0.5, 0.6) is 0 Å². The van der Waals surface area contributed by atoms with Crippen molar-refractivity contribution in [3.05, 3.63) is 67.2 Å². The maximum Gasteiger partial charge on any atom is 0.174 e. The normalized spacial score (nSPS) is 12.1. The number of aliphatic imine (C=N–C) groups is 2. The average molecular weight is 316 g/mol. The predicted octanol–water partition coefficient (Wildman–Crippen LogP) is 5.11. The van der Waals surface area contributed by atoms with Gasteiger partial charge in [-0.25, -0.2) is 0 Å². The molecule has 0 spiro atoms. The smallest absolute Gasteiger partial charge is 0.174 e. The van der Waals surface area contributed by atoms with E-state index in [2.05, 4.69) is 44.3 Å². The summed E-state index contributed by atoms with van der Waals surface area (Å²) in [6.45, 7) is 0. The topological polar surface area (TPSA) is 24.7 Å². The van der Waals surface area contributed by atoms with Gasteiger partial charge in [-0.1, -0.05) is 18.2 Å². The van der Waals surface area contributed by atoms with E-state index in [1.807, 2.05) is 30.6 Å². The number of hydrogen-bond acceptors (Lipinski definition) is 5. The molecular weight excluding hydrogens is 304 g/mol. The Balaban J connectivity index is 1.81. The molecule has 3 aromatic heterocycles. The van der Waals surface area contributed by atoms with Crippen molar-refractivity contribution in [3.63, 3.8) is 0 Å². The average Bonchev–Trinajstić information content (AvgIpc) is 3.22. The van der Waals surface area contributed by atoms with Gasteiger partial charge in [0, 0.05) is 22.2 Å². The van der Waals surface area contributed by atoms with Crippen LogP contribution in [0.15, 0.2) is 62.5 Å². The van der Waals surface area contributed by atoms with Gasteiger partial charge in [0.1, 0.15) is 0 Å². The minimum Gasteiger partial charge on any atom is -0.259 e. The summed E-state index contributed by atoms with van der Waals surface area (Å²) in [5.41, 5.74) is 0. The molecule has 3 heterocycles. The van der Waals surface area contributed by atoms with Crippen LogP contribution in [0.2, 0.25) is 0 Å². The van der Waals surface area contributed by atoms with E-state index in [0.29, 0.717) is 0 Å². The molecule has 0 fully saturated rings. The Hall–Kier alpha value is -1.56. The van der Waals surface area contributed by atoms with E-state index in [4.69, 9.17) is 0 Å². The molecule has 0 atom stereocenters. The molecule has 0 aromatic carbocycles. The third kappa shape index (κ3) is 3.50. The standard InChI is InChI=1S/C15H12N2S3/c1-4-12(18-7-1)10-16-15(14-6-3-9-20-14)17-11-13-5-2-8-19-13/h1-11,15H/b16-10+,17-11+. The van der Waals surface area contributed by atoms with E-state index < -0.39 is 0 Å². The largest absolute Gasteiger partial charge is 0.259 e. The summed E-state index contributed by atoms with van der Waals surface area (Å²) in [4.78, 5) is 12.7. The molecule has 100 valence electrons. The van der Waals surface area contributed by atoms with Gasteiger partial charge in [-0.2, -0.15) is 0 Å². The lowest BCUT2D eigenvalue weighted by atomic mass is 10.4. The van der Waals surface area contributed by atoms with Gasteiger partial charge in [-0.05, 0) is 34.3 Å². The van der Waals surface area contributed by atoms with Crippen molar-refractivity contribution in [2.75, 3.05) is 0 Å². The summed E-state index contributed by atoms with van der Waals surface area (Å²) < 4.78 is 0. The van der Waals surface area contributed by atoms with Gasteiger partial charge in [0.2, 0.25) is 0 Å². The highest BCUT2D eigenvalue weighted by molar-refractivity contribution is 7.12. The first-order chi connectivity index (χ1) is 9.92. The van der Waals surface area contributed by atoms with Crippen molar-refractivity contribution in [2.45, 2.75) is 6.17 Å². The zero-order valence-electron chi connectivity index (χ0n) is 10.5. The van der Waals surface area contributed by atoms with Gasteiger partial charge < -0.3 is 0 Å². The van der Waals surface area contributed by atoms with Crippen molar-refractivity contribution in [1.82, 2.24) is 0 Å². The van der Waals surface area contributed by atoms with Gasteiger partial charge in [0.05, 0.1) is 4.88 Å². The quantitative estimate of drug-likeness (QED) is 0.585. The molecule has 0 N–H and O–H groups in total. The van der Waals surface area contributed by atoms with Gasteiger partial charge in [-0.3, -0.25) is 9.98 Å². The van der Waals surface area contributed by atoms with Crippen LogP contribution in [-0.4, -0.2) is 12.4 Å². The third-order valence-electron chi connectivity index (χ3n) is 2.57. The van der Waals surface area contributed by atoms with Crippen LogP contribution in [-0.2, 0) is 0 Å². The lowest BCUT2D eigenvalue weighted by molar-refractivity contribution is 0.806. The Morgan fingerprint density at radius 3 is 1.75 bits per heavy atom. The first-order valence-corrected chi connectivity index (χ1v) is 8.72. The number of hydrogen-bond donors (Lipinski definition) is 0. The second-order valence-corrected chi connectivity index (χ2v) is 6.91. The molecule has 0 saturated heterocycles. The number of rotatable bonds is 5. The van der Waals surface area contributed by atoms with E-state index in [-0.39, 0.29) is 6.17 Å². The summed E-state index contributed by atoms with van der Waals surface area (Å²) in [5.74, 6) is 0. The summed E-state index contributed by atoms with van der Waals surface area (Å²) in [6.07, 6.45) is 3.65. The molecule has 20 heavy (non-hydrogen) atoms. The van der Waals surface area contributed by atoms with Crippen molar-refractivity contribution in [2.24, 2.45) is 9.98 Å². The molecule has 0 aliphatic rings. The molecule has 0 aliphatic carbocycles. The fourth-order valence-electron chi connectivity index (χ4n) is 1.64. The van der Waals surface area contributed by atoms with Crippen molar-refractivity contribution < 1.29 is 0 Å². The van der Waals surface area contributed by atoms with Crippen molar-refractivity contribution in [1.29, 1.82) is 0 Å². The van der Waals surface area contributed by atoms with Crippen LogP contribution in [0, 0.1) is 0 Å². The Bertz CT molecular complexity index is 621. The Labute approximate surface area is 129 Å². The molecular formula is C15H12N2S3. The molecule has 3 rings (SSSR count). The predicted molar refractivity (Wildman–Crippen MR) is 90.9 cm³/mol. The van der Waals surface area contributed by atoms with Gasteiger partial charge in [0.25, 0.3) is 0 Å². The highest BCUT2D eigenvalue weighted by Crippen LogP contribution is 2.24. The maximum atomic E-state index is 4.61. The first kappa shape index (κ1) is 13.4. The molecule has 3 aromatic rings. The van der Waals surface area contributed by atoms with Gasteiger partial charge >= 0.3 is 0 Å². The summed E-state index contributed by atoms with van der Waals surface area (Å²) >= 11 is 5.05. The minimum absolute atomic E-state index is 0.154. The molecule has 0 saturated carbocycles. The highest BCUT2D eigenvalue weighted by Gasteiger charge is 2.07. The molecule has 0 bridgehead atoms. The molecule has 0 radical (unpaired) electrons. The van der Waals surface area contributed by atoms with E-state index >= 15 is 0 Å². The van der Waals surface area contributed by atoms with Crippen LogP contribution in [0.3, 0.4) is 0 Å². The Morgan fingerprint density at radius 2 is 1.30 bits per heavy atom. The Kier molecular flexibility index (Phi) is 4.53. The van der Waals surface area contributed by atoms with Gasteiger partial charge in [0.15, 0.2) is 6.17 Å². The van der Waals surface area contributed by atoms with Crippen LogP contribution in [0.25, 0.3) is 0 Å². The monoisotopic (exact) mass is 316 g/mol. The lowest BCUT2D eigenvalue weighted by Gasteiger charge is -2.03. The number of thiophene rings is 3. The summed E-state index contributed by atoms with van der Waals surface area (Å²) in [5, 5.41) is 6.16. The first-order valence-electron chi connectivity index (χ1n) is 6.08. The fourth-order valence-corrected chi connectivity index (χ4v) is 3.54. The van der Waals surface area contributed by atoms with E-state index in [1.165, 1.54) is 0 Å². The Morgan fingerprint density at radius 1 is 0.750 bits per heavy atom.